The van der Waals surface area contributed by atoms with Crippen LogP contribution in [0.15, 0.2) is 18.2 Å². The molecule has 2 rings (SSSR count). The minimum absolute atomic E-state index is 0.339. The van der Waals surface area contributed by atoms with Crippen LogP contribution >= 0.6 is 11.6 Å². The molecule has 0 aliphatic heterocycles. The molecule has 0 spiro atoms. The van der Waals surface area contributed by atoms with E-state index in [0.29, 0.717) is 6.10 Å². The van der Waals surface area contributed by atoms with Gasteiger partial charge in [-0.2, -0.15) is 0 Å². The zero-order valence-electron chi connectivity index (χ0n) is 11.9. The zero-order chi connectivity index (χ0) is 13.7. The van der Waals surface area contributed by atoms with Crippen LogP contribution in [0.1, 0.15) is 44.6 Å². The van der Waals surface area contributed by atoms with Crippen molar-refractivity contribution in [3.63, 3.8) is 0 Å². The van der Waals surface area contributed by atoms with Gasteiger partial charge in [0.15, 0.2) is 0 Å². The summed E-state index contributed by atoms with van der Waals surface area (Å²) in [5.41, 5.74) is 1.19. The van der Waals surface area contributed by atoms with Gasteiger partial charge in [0, 0.05) is 6.54 Å². The summed E-state index contributed by atoms with van der Waals surface area (Å²) in [4.78, 5) is 0. The minimum atomic E-state index is 0.339. The second kappa shape index (κ2) is 7.16. The van der Waals surface area contributed by atoms with Crippen LogP contribution in [0.4, 0.5) is 0 Å². The largest absolute Gasteiger partial charge is 0.489 e. The molecule has 1 fully saturated rings. The van der Waals surface area contributed by atoms with Crippen molar-refractivity contribution in [2.75, 3.05) is 7.05 Å². The monoisotopic (exact) mass is 281 g/mol. The zero-order valence-corrected chi connectivity index (χ0v) is 12.7. The van der Waals surface area contributed by atoms with Crippen LogP contribution in [0, 0.1) is 5.92 Å². The standard InChI is InChI=1S/C16H24ClNO/c1-3-12-5-4-6-14(9-12)19-16-8-7-13(11-18-2)10-15(16)17/h7-8,10,12,14,18H,3-6,9,11H2,1-2H3. The molecule has 0 saturated heterocycles. The fourth-order valence-corrected chi connectivity index (χ4v) is 3.10. The highest BCUT2D eigenvalue weighted by molar-refractivity contribution is 6.32. The predicted molar refractivity (Wildman–Crippen MR) is 80.9 cm³/mol. The van der Waals surface area contributed by atoms with Crippen LogP contribution < -0.4 is 10.1 Å². The van der Waals surface area contributed by atoms with Gasteiger partial charge in [-0.3, -0.25) is 0 Å². The molecule has 106 valence electrons. The molecule has 1 aromatic rings. The molecule has 0 radical (unpaired) electrons. The number of halogens is 1. The molecule has 1 aliphatic carbocycles. The van der Waals surface area contributed by atoms with Gasteiger partial charge in [-0.15, -0.1) is 0 Å². The van der Waals surface area contributed by atoms with Crippen LogP contribution in [0.25, 0.3) is 0 Å². The molecule has 1 N–H and O–H groups in total. The van der Waals surface area contributed by atoms with Crippen LogP contribution in [0.5, 0.6) is 5.75 Å². The van der Waals surface area contributed by atoms with Crippen molar-refractivity contribution in [2.45, 2.75) is 51.7 Å². The lowest BCUT2D eigenvalue weighted by molar-refractivity contribution is 0.122. The number of ether oxygens (including phenoxy) is 1. The molecule has 0 bridgehead atoms. The topological polar surface area (TPSA) is 21.3 Å². The second-order valence-electron chi connectivity index (χ2n) is 5.48. The Bertz CT molecular complexity index is 408. The van der Waals surface area contributed by atoms with Crippen LogP contribution in [0.3, 0.4) is 0 Å². The third-order valence-electron chi connectivity index (χ3n) is 3.98. The summed E-state index contributed by atoms with van der Waals surface area (Å²) in [5.74, 6) is 1.66. The summed E-state index contributed by atoms with van der Waals surface area (Å²) in [7, 11) is 1.94. The Morgan fingerprint density at radius 3 is 2.89 bits per heavy atom. The van der Waals surface area contributed by atoms with Crippen molar-refractivity contribution < 1.29 is 4.74 Å². The molecule has 1 aromatic carbocycles. The second-order valence-corrected chi connectivity index (χ2v) is 5.88. The molecule has 0 aromatic heterocycles. The Kier molecular flexibility index (Phi) is 5.53. The molecule has 3 heteroatoms. The highest BCUT2D eigenvalue weighted by atomic mass is 35.5. The molecule has 0 amide bonds. The van der Waals surface area contributed by atoms with Gasteiger partial charge in [-0.05, 0) is 49.9 Å². The van der Waals surface area contributed by atoms with Crippen molar-refractivity contribution >= 4 is 11.6 Å². The summed E-state index contributed by atoms with van der Waals surface area (Å²) >= 11 is 6.30. The normalized spacial score (nSPS) is 23.3. The van der Waals surface area contributed by atoms with Crippen LogP contribution in [0.2, 0.25) is 5.02 Å². The number of benzene rings is 1. The van der Waals surface area contributed by atoms with E-state index in [1.165, 1.54) is 31.2 Å². The Morgan fingerprint density at radius 1 is 1.37 bits per heavy atom. The van der Waals surface area contributed by atoms with E-state index in [4.69, 9.17) is 16.3 Å². The lowest BCUT2D eigenvalue weighted by Gasteiger charge is -2.29. The third-order valence-corrected chi connectivity index (χ3v) is 4.28. The van der Waals surface area contributed by atoms with Gasteiger partial charge in [0.2, 0.25) is 0 Å². The minimum Gasteiger partial charge on any atom is -0.489 e. The van der Waals surface area contributed by atoms with Crippen molar-refractivity contribution in [3.8, 4) is 5.75 Å². The van der Waals surface area contributed by atoms with Crippen LogP contribution in [-0.2, 0) is 6.54 Å². The Balaban J connectivity index is 1.98. The highest BCUT2D eigenvalue weighted by Gasteiger charge is 2.22. The maximum atomic E-state index is 6.30. The van der Waals surface area contributed by atoms with E-state index in [0.717, 1.165) is 29.7 Å². The molecule has 19 heavy (non-hydrogen) atoms. The van der Waals surface area contributed by atoms with E-state index in [1.54, 1.807) is 0 Å². The van der Waals surface area contributed by atoms with Gasteiger partial charge in [0.05, 0.1) is 11.1 Å². The molecule has 1 saturated carbocycles. The lowest BCUT2D eigenvalue weighted by Crippen LogP contribution is -2.25. The molecule has 1 aliphatic rings. The Labute approximate surface area is 121 Å². The molecular formula is C16H24ClNO. The summed E-state index contributed by atoms with van der Waals surface area (Å²) in [6.45, 7) is 3.11. The molecular weight excluding hydrogens is 258 g/mol. The summed E-state index contributed by atoms with van der Waals surface area (Å²) in [5, 5.41) is 3.85. The number of hydrogen-bond donors (Lipinski definition) is 1. The maximum Gasteiger partial charge on any atom is 0.138 e. The van der Waals surface area contributed by atoms with E-state index < -0.39 is 0 Å². The van der Waals surface area contributed by atoms with Crippen molar-refractivity contribution in [1.82, 2.24) is 5.32 Å². The summed E-state index contributed by atoms with van der Waals surface area (Å²) < 4.78 is 6.10. The quantitative estimate of drug-likeness (QED) is 0.863. The average molecular weight is 282 g/mol. The number of hydrogen-bond acceptors (Lipinski definition) is 2. The third kappa shape index (κ3) is 4.12. The van der Waals surface area contributed by atoms with Crippen molar-refractivity contribution in [2.24, 2.45) is 5.92 Å². The van der Waals surface area contributed by atoms with Gasteiger partial charge in [0.1, 0.15) is 5.75 Å². The summed E-state index contributed by atoms with van der Waals surface area (Å²) in [6.07, 6.45) is 6.56. The first kappa shape index (κ1) is 14.7. The van der Waals surface area contributed by atoms with E-state index in [1.807, 2.05) is 19.2 Å². The molecule has 2 nitrogen and oxygen atoms in total. The van der Waals surface area contributed by atoms with Gasteiger partial charge >= 0.3 is 0 Å². The van der Waals surface area contributed by atoms with Crippen molar-refractivity contribution in [3.05, 3.63) is 28.8 Å². The first-order valence-electron chi connectivity index (χ1n) is 7.32. The van der Waals surface area contributed by atoms with E-state index in [-0.39, 0.29) is 0 Å². The van der Waals surface area contributed by atoms with E-state index in [9.17, 15) is 0 Å². The predicted octanol–water partition coefficient (Wildman–Crippen LogP) is 4.41. The number of nitrogens with one attached hydrogen (secondary N) is 1. The highest BCUT2D eigenvalue weighted by Crippen LogP contribution is 2.32. The average Bonchev–Trinajstić information content (AvgIpc) is 2.42. The fourth-order valence-electron chi connectivity index (χ4n) is 2.85. The van der Waals surface area contributed by atoms with Gasteiger partial charge < -0.3 is 10.1 Å². The van der Waals surface area contributed by atoms with Gasteiger partial charge in [0.25, 0.3) is 0 Å². The number of rotatable bonds is 5. The SMILES string of the molecule is CCC1CCCC(Oc2ccc(CNC)cc2Cl)C1. The lowest BCUT2D eigenvalue weighted by atomic mass is 9.85. The van der Waals surface area contributed by atoms with E-state index in [2.05, 4.69) is 18.3 Å². The van der Waals surface area contributed by atoms with Gasteiger partial charge in [-0.25, -0.2) is 0 Å². The molecule has 0 heterocycles. The molecule has 2 unspecified atom stereocenters. The van der Waals surface area contributed by atoms with Crippen molar-refractivity contribution in [1.29, 1.82) is 0 Å². The summed E-state index contributed by atoms with van der Waals surface area (Å²) in [6, 6.07) is 6.08. The van der Waals surface area contributed by atoms with Crippen LogP contribution in [-0.4, -0.2) is 13.2 Å². The molecule has 2 atom stereocenters. The maximum absolute atomic E-state index is 6.30. The van der Waals surface area contributed by atoms with E-state index >= 15 is 0 Å². The first-order valence-corrected chi connectivity index (χ1v) is 7.70. The van der Waals surface area contributed by atoms with Gasteiger partial charge in [-0.1, -0.05) is 37.4 Å². The Morgan fingerprint density at radius 2 is 2.21 bits per heavy atom. The Hall–Kier alpha value is -0.730. The first-order chi connectivity index (χ1) is 9.22. The smallest absolute Gasteiger partial charge is 0.138 e. The fraction of sp³-hybridized carbons (Fsp3) is 0.625.